The van der Waals surface area contributed by atoms with Crippen LogP contribution < -0.4 is 0 Å². The van der Waals surface area contributed by atoms with Crippen molar-refractivity contribution >= 4 is 11.9 Å². The molecular weight excluding hydrogens is 282 g/mol. The molecular formula is C16H19N3O3. The Kier molecular flexibility index (Phi) is 4.93. The van der Waals surface area contributed by atoms with Gasteiger partial charge < -0.3 is 10.0 Å². The van der Waals surface area contributed by atoms with E-state index in [1.54, 1.807) is 25.0 Å². The quantitative estimate of drug-likeness (QED) is 0.885. The normalized spacial score (nSPS) is 10.5. The first-order valence-electron chi connectivity index (χ1n) is 7.05. The zero-order valence-corrected chi connectivity index (χ0v) is 12.7. The third-order valence-electron chi connectivity index (χ3n) is 3.45. The molecule has 0 aliphatic rings. The van der Waals surface area contributed by atoms with Gasteiger partial charge >= 0.3 is 5.97 Å². The van der Waals surface area contributed by atoms with Crippen molar-refractivity contribution in [2.45, 2.75) is 12.8 Å². The van der Waals surface area contributed by atoms with Crippen LogP contribution in [0.3, 0.4) is 0 Å². The molecule has 0 saturated heterocycles. The van der Waals surface area contributed by atoms with Crippen molar-refractivity contribution in [3.8, 4) is 11.3 Å². The Morgan fingerprint density at radius 2 is 1.95 bits per heavy atom. The van der Waals surface area contributed by atoms with Gasteiger partial charge in [-0.25, -0.2) is 0 Å². The summed E-state index contributed by atoms with van der Waals surface area (Å²) in [4.78, 5) is 24.6. The summed E-state index contributed by atoms with van der Waals surface area (Å²) in [6, 6.07) is 9.59. The summed E-state index contributed by atoms with van der Waals surface area (Å²) in [5.41, 5.74) is 2.20. The zero-order chi connectivity index (χ0) is 16.1. The van der Waals surface area contributed by atoms with Crippen LogP contribution in [-0.4, -0.2) is 45.3 Å². The van der Waals surface area contributed by atoms with Crippen LogP contribution in [0.5, 0.6) is 0 Å². The smallest absolute Gasteiger partial charge is 0.303 e. The molecule has 2 aromatic rings. The lowest BCUT2D eigenvalue weighted by Crippen LogP contribution is -2.28. The highest BCUT2D eigenvalue weighted by molar-refractivity contribution is 5.99. The lowest BCUT2D eigenvalue weighted by atomic mass is 10.1. The number of aliphatic carboxylic acids is 1. The summed E-state index contributed by atoms with van der Waals surface area (Å²) in [7, 11) is 3.47. The number of hydrogen-bond donors (Lipinski definition) is 1. The summed E-state index contributed by atoms with van der Waals surface area (Å²) in [5.74, 6) is -1.01. The van der Waals surface area contributed by atoms with E-state index in [0.717, 1.165) is 11.3 Å². The van der Waals surface area contributed by atoms with Gasteiger partial charge in [0.15, 0.2) is 0 Å². The predicted molar refractivity (Wildman–Crippen MR) is 82.5 cm³/mol. The van der Waals surface area contributed by atoms with Gasteiger partial charge in [-0.3, -0.25) is 14.3 Å². The summed E-state index contributed by atoms with van der Waals surface area (Å²) in [6.45, 7) is 0.397. The molecule has 2 rings (SSSR count). The van der Waals surface area contributed by atoms with E-state index in [2.05, 4.69) is 5.10 Å². The summed E-state index contributed by atoms with van der Waals surface area (Å²) < 4.78 is 1.67. The SMILES string of the molecule is CN(CCCC(=O)O)C(=O)c1cnn(C)c1-c1ccccc1. The second-order valence-corrected chi connectivity index (χ2v) is 5.12. The third-order valence-corrected chi connectivity index (χ3v) is 3.45. The Morgan fingerprint density at radius 3 is 2.59 bits per heavy atom. The summed E-state index contributed by atoms with van der Waals surface area (Å²) in [5, 5.41) is 12.8. The first kappa shape index (κ1) is 15.8. The van der Waals surface area contributed by atoms with Crippen LogP contribution in [0.25, 0.3) is 11.3 Å². The average Bonchev–Trinajstić information content (AvgIpc) is 2.88. The number of aryl methyl sites for hydroxylation is 1. The number of hydrogen-bond acceptors (Lipinski definition) is 3. The lowest BCUT2D eigenvalue weighted by molar-refractivity contribution is -0.137. The largest absolute Gasteiger partial charge is 0.481 e. The second kappa shape index (κ2) is 6.89. The van der Waals surface area contributed by atoms with Gasteiger partial charge in [-0.05, 0) is 6.42 Å². The van der Waals surface area contributed by atoms with Gasteiger partial charge in [0.05, 0.1) is 17.5 Å². The molecule has 1 amide bonds. The zero-order valence-electron chi connectivity index (χ0n) is 12.7. The highest BCUT2D eigenvalue weighted by atomic mass is 16.4. The third kappa shape index (κ3) is 3.52. The maximum atomic E-state index is 12.6. The van der Waals surface area contributed by atoms with Crippen LogP contribution in [0.15, 0.2) is 36.5 Å². The number of benzene rings is 1. The minimum absolute atomic E-state index is 0.0518. The van der Waals surface area contributed by atoms with E-state index in [-0.39, 0.29) is 12.3 Å². The van der Waals surface area contributed by atoms with Gasteiger partial charge in [-0.15, -0.1) is 0 Å². The number of amides is 1. The summed E-state index contributed by atoms with van der Waals surface area (Å²) >= 11 is 0. The fourth-order valence-corrected chi connectivity index (χ4v) is 2.31. The fourth-order valence-electron chi connectivity index (χ4n) is 2.31. The Morgan fingerprint density at radius 1 is 1.27 bits per heavy atom. The Hall–Kier alpha value is -2.63. The highest BCUT2D eigenvalue weighted by Gasteiger charge is 2.20. The summed E-state index contributed by atoms with van der Waals surface area (Å²) in [6.07, 6.45) is 2.03. The second-order valence-electron chi connectivity index (χ2n) is 5.12. The van der Waals surface area contributed by atoms with Crippen LogP contribution in [-0.2, 0) is 11.8 Å². The van der Waals surface area contributed by atoms with E-state index in [4.69, 9.17) is 5.11 Å². The fraction of sp³-hybridized carbons (Fsp3) is 0.312. The molecule has 0 spiro atoms. The standard InChI is InChI=1S/C16H19N3O3/c1-18(10-6-9-14(20)21)16(22)13-11-17-19(2)15(13)12-7-4-3-5-8-12/h3-5,7-8,11H,6,9-10H2,1-2H3,(H,20,21). The van der Waals surface area contributed by atoms with Crippen molar-refractivity contribution in [2.75, 3.05) is 13.6 Å². The Labute approximate surface area is 129 Å². The minimum Gasteiger partial charge on any atom is -0.481 e. The molecule has 0 unspecified atom stereocenters. The van der Waals surface area contributed by atoms with E-state index in [0.29, 0.717) is 18.5 Å². The maximum Gasteiger partial charge on any atom is 0.303 e. The van der Waals surface area contributed by atoms with Crippen molar-refractivity contribution in [3.05, 3.63) is 42.1 Å². The molecule has 1 aromatic carbocycles. The minimum atomic E-state index is -0.854. The van der Waals surface area contributed by atoms with Crippen molar-refractivity contribution in [1.82, 2.24) is 14.7 Å². The molecule has 116 valence electrons. The predicted octanol–water partition coefficient (Wildman–Crippen LogP) is 2.02. The van der Waals surface area contributed by atoms with Crippen molar-refractivity contribution < 1.29 is 14.7 Å². The van der Waals surface area contributed by atoms with E-state index < -0.39 is 5.97 Å². The van der Waals surface area contributed by atoms with E-state index in [1.165, 1.54) is 4.90 Å². The molecule has 6 heteroatoms. The Bertz CT molecular complexity index is 665. The van der Waals surface area contributed by atoms with Gasteiger partial charge in [0.1, 0.15) is 0 Å². The number of carbonyl (C=O) groups excluding carboxylic acids is 1. The molecule has 1 heterocycles. The van der Waals surface area contributed by atoms with Gasteiger partial charge in [-0.2, -0.15) is 5.10 Å². The van der Waals surface area contributed by atoms with E-state index >= 15 is 0 Å². The first-order chi connectivity index (χ1) is 10.5. The molecule has 0 bridgehead atoms. The van der Waals surface area contributed by atoms with Gasteiger partial charge in [0.25, 0.3) is 5.91 Å². The number of aromatic nitrogens is 2. The number of carbonyl (C=O) groups is 2. The molecule has 22 heavy (non-hydrogen) atoms. The number of carboxylic acid groups (broad SMARTS) is 1. The van der Waals surface area contributed by atoms with Crippen LogP contribution in [0.1, 0.15) is 23.2 Å². The molecule has 0 saturated carbocycles. The highest BCUT2D eigenvalue weighted by Crippen LogP contribution is 2.23. The number of rotatable bonds is 6. The monoisotopic (exact) mass is 301 g/mol. The van der Waals surface area contributed by atoms with Crippen LogP contribution in [0.4, 0.5) is 0 Å². The lowest BCUT2D eigenvalue weighted by Gasteiger charge is -2.17. The maximum absolute atomic E-state index is 12.6. The first-order valence-corrected chi connectivity index (χ1v) is 7.05. The molecule has 0 atom stereocenters. The van der Waals surface area contributed by atoms with Gasteiger partial charge in [0.2, 0.25) is 0 Å². The Balaban J connectivity index is 2.19. The van der Waals surface area contributed by atoms with Gasteiger partial charge in [0, 0.05) is 32.6 Å². The molecule has 0 aliphatic heterocycles. The van der Waals surface area contributed by atoms with Crippen LogP contribution in [0, 0.1) is 0 Å². The number of nitrogens with zero attached hydrogens (tertiary/aromatic N) is 3. The molecule has 0 fully saturated rings. The molecule has 0 aliphatic carbocycles. The van der Waals surface area contributed by atoms with Gasteiger partial charge in [-0.1, -0.05) is 30.3 Å². The van der Waals surface area contributed by atoms with Crippen LogP contribution >= 0.6 is 0 Å². The molecule has 1 aromatic heterocycles. The van der Waals surface area contributed by atoms with Crippen LogP contribution in [0.2, 0.25) is 0 Å². The van der Waals surface area contributed by atoms with E-state index in [9.17, 15) is 9.59 Å². The van der Waals surface area contributed by atoms with Crippen molar-refractivity contribution in [3.63, 3.8) is 0 Å². The topological polar surface area (TPSA) is 75.4 Å². The molecule has 6 nitrogen and oxygen atoms in total. The van der Waals surface area contributed by atoms with Crippen molar-refractivity contribution in [2.24, 2.45) is 7.05 Å². The van der Waals surface area contributed by atoms with Crippen molar-refractivity contribution in [1.29, 1.82) is 0 Å². The number of carboxylic acids is 1. The molecule has 0 radical (unpaired) electrons. The average molecular weight is 301 g/mol. The van der Waals surface area contributed by atoms with E-state index in [1.807, 2.05) is 30.3 Å². The molecule has 1 N–H and O–H groups in total.